The van der Waals surface area contributed by atoms with E-state index >= 15 is 0 Å². The van der Waals surface area contributed by atoms with Crippen LogP contribution in [0.3, 0.4) is 0 Å². The molecule has 152 valence electrons. The van der Waals surface area contributed by atoms with Crippen molar-refractivity contribution >= 4 is 50.7 Å². The molecular weight excluding hydrogens is 420 g/mol. The van der Waals surface area contributed by atoms with Crippen LogP contribution in [0, 0.1) is 0 Å². The van der Waals surface area contributed by atoms with Crippen LogP contribution < -0.4 is 5.32 Å². The number of aromatic nitrogens is 4. The molecule has 1 saturated heterocycles. The van der Waals surface area contributed by atoms with E-state index in [1.165, 1.54) is 11.3 Å². The first-order valence-corrected chi connectivity index (χ1v) is 10.9. The van der Waals surface area contributed by atoms with E-state index in [0.29, 0.717) is 28.2 Å². The zero-order chi connectivity index (χ0) is 20.7. The molecule has 1 fully saturated rings. The minimum atomic E-state index is -0.0599. The fourth-order valence-corrected chi connectivity index (χ4v) is 4.67. The molecule has 0 spiro atoms. The predicted molar refractivity (Wildman–Crippen MR) is 118 cm³/mol. The first kappa shape index (κ1) is 19.0. The average molecular weight is 439 g/mol. The van der Waals surface area contributed by atoms with Crippen molar-refractivity contribution in [2.24, 2.45) is 7.05 Å². The number of carbonyl (C=O) groups is 1. The Morgan fingerprint density at radius 3 is 3.00 bits per heavy atom. The van der Waals surface area contributed by atoms with Crippen molar-refractivity contribution in [3.63, 3.8) is 0 Å². The second-order valence-electron chi connectivity index (χ2n) is 7.26. The summed E-state index contributed by atoms with van der Waals surface area (Å²) in [6, 6.07) is 13.3. The number of aryl methyl sites for hydroxylation is 1. The Morgan fingerprint density at radius 2 is 2.17 bits per heavy atom. The van der Waals surface area contributed by atoms with Gasteiger partial charge in [-0.2, -0.15) is 0 Å². The molecule has 1 aromatic carbocycles. The SMILES string of the molecule is Cn1c(C(=O)N2CCC[C@H]2c2cccc(Nc3nncs3)n2)cc2cc(Cl)ccc21. The number of nitrogens with zero attached hydrogens (tertiary/aromatic N) is 5. The fraction of sp³-hybridized carbons (Fsp3) is 0.238. The van der Waals surface area contributed by atoms with Gasteiger partial charge in [0.1, 0.15) is 17.0 Å². The Balaban J connectivity index is 1.44. The van der Waals surface area contributed by atoms with Crippen LogP contribution in [0.4, 0.5) is 10.9 Å². The maximum absolute atomic E-state index is 13.5. The van der Waals surface area contributed by atoms with Crippen molar-refractivity contribution in [2.45, 2.75) is 18.9 Å². The lowest BCUT2D eigenvalue weighted by atomic mass is 10.1. The molecule has 4 heterocycles. The number of pyridine rings is 1. The number of nitrogens with one attached hydrogen (secondary N) is 1. The van der Waals surface area contributed by atoms with Crippen molar-refractivity contribution in [1.29, 1.82) is 0 Å². The summed E-state index contributed by atoms with van der Waals surface area (Å²) >= 11 is 7.54. The molecule has 0 bridgehead atoms. The summed E-state index contributed by atoms with van der Waals surface area (Å²) in [7, 11) is 1.92. The minimum Gasteiger partial charge on any atom is -0.340 e. The van der Waals surface area contributed by atoms with Gasteiger partial charge in [-0.05, 0) is 49.2 Å². The van der Waals surface area contributed by atoms with Crippen LogP contribution in [0.2, 0.25) is 5.02 Å². The number of hydrogen-bond donors (Lipinski definition) is 1. The van der Waals surface area contributed by atoms with Crippen molar-refractivity contribution in [3.05, 3.63) is 64.4 Å². The molecule has 4 aromatic rings. The Morgan fingerprint density at radius 1 is 1.27 bits per heavy atom. The van der Waals surface area contributed by atoms with E-state index in [0.717, 1.165) is 29.4 Å². The monoisotopic (exact) mass is 438 g/mol. The molecule has 0 radical (unpaired) electrons. The third-order valence-electron chi connectivity index (χ3n) is 5.44. The number of anilines is 2. The molecule has 9 heteroatoms. The second-order valence-corrected chi connectivity index (χ2v) is 8.53. The molecule has 0 saturated carbocycles. The third kappa shape index (κ3) is 3.42. The van der Waals surface area contributed by atoms with Gasteiger partial charge in [-0.1, -0.05) is 29.0 Å². The summed E-state index contributed by atoms with van der Waals surface area (Å²) in [5, 5.41) is 13.3. The lowest BCUT2D eigenvalue weighted by molar-refractivity contribution is 0.0724. The molecule has 1 aliphatic heterocycles. The highest BCUT2D eigenvalue weighted by Gasteiger charge is 2.33. The van der Waals surface area contributed by atoms with E-state index in [1.807, 2.05) is 59.0 Å². The Labute approximate surface area is 182 Å². The van der Waals surface area contributed by atoms with E-state index in [-0.39, 0.29) is 11.9 Å². The van der Waals surface area contributed by atoms with Gasteiger partial charge in [0.25, 0.3) is 5.91 Å². The third-order valence-corrected chi connectivity index (χ3v) is 6.29. The van der Waals surface area contributed by atoms with Crippen molar-refractivity contribution in [3.8, 4) is 0 Å². The number of benzene rings is 1. The summed E-state index contributed by atoms with van der Waals surface area (Å²) in [5.74, 6) is 0.708. The predicted octanol–water partition coefficient (Wildman–Crippen LogP) is 4.80. The Kier molecular flexibility index (Phi) is 4.88. The van der Waals surface area contributed by atoms with Gasteiger partial charge in [0.15, 0.2) is 0 Å². The number of amides is 1. The number of fused-ring (bicyclic) bond motifs is 1. The quantitative estimate of drug-likeness (QED) is 0.495. The summed E-state index contributed by atoms with van der Waals surface area (Å²) < 4.78 is 1.93. The van der Waals surface area contributed by atoms with Gasteiger partial charge in [0.2, 0.25) is 5.13 Å². The summed E-state index contributed by atoms with van der Waals surface area (Å²) in [6.45, 7) is 0.710. The molecule has 0 aliphatic carbocycles. The van der Waals surface area contributed by atoms with Crippen LogP contribution in [-0.2, 0) is 7.05 Å². The number of likely N-dealkylation sites (tertiary alicyclic amines) is 1. The second kappa shape index (κ2) is 7.70. The van der Waals surface area contributed by atoms with E-state index in [9.17, 15) is 4.79 Å². The van der Waals surface area contributed by atoms with Gasteiger partial charge in [0.05, 0.1) is 11.7 Å². The van der Waals surface area contributed by atoms with E-state index in [1.54, 1.807) is 5.51 Å². The van der Waals surface area contributed by atoms with Gasteiger partial charge >= 0.3 is 0 Å². The van der Waals surface area contributed by atoms with Crippen molar-refractivity contribution in [1.82, 2.24) is 24.6 Å². The number of halogens is 1. The molecular formula is C21H19ClN6OS. The van der Waals surface area contributed by atoms with Crippen LogP contribution >= 0.6 is 22.9 Å². The molecule has 30 heavy (non-hydrogen) atoms. The molecule has 7 nitrogen and oxygen atoms in total. The smallest absolute Gasteiger partial charge is 0.271 e. The minimum absolute atomic E-state index is 0.0107. The lowest BCUT2D eigenvalue weighted by Gasteiger charge is -2.25. The van der Waals surface area contributed by atoms with Crippen LogP contribution in [0.15, 0.2) is 48.0 Å². The van der Waals surface area contributed by atoms with Gasteiger partial charge in [-0.3, -0.25) is 4.79 Å². The first-order valence-electron chi connectivity index (χ1n) is 9.66. The topological polar surface area (TPSA) is 75.9 Å². The highest BCUT2D eigenvalue weighted by atomic mass is 35.5. The van der Waals surface area contributed by atoms with Crippen LogP contribution in [0.25, 0.3) is 10.9 Å². The van der Waals surface area contributed by atoms with Crippen LogP contribution in [0.1, 0.15) is 35.1 Å². The van der Waals surface area contributed by atoms with E-state index < -0.39 is 0 Å². The highest BCUT2D eigenvalue weighted by molar-refractivity contribution is 7.13. The normalized spacial score (nSPS) is 16.3. The summed E-state index contributed by atoms with van der Waals surface area (Å²) in [4.78, 5) is 20.1. The average Bonchev–Trinajstić information content (AvgIpc) is 3.48. The summed E-state index contributed by atoms with van der Waals surface area (Å²) in [6.07, 6.45) is 1.83. The van der Waals surface area contributed by atoms with Gasteiger partial charge in [-0.25, -0.2) is 4.98 Å². The molecule has 1 N–H and O–H groups in total. The molecule has 1 aliphatic rings. The largest absolute Gasteiger partial charge is 0.340 e. The maximum Gasteiger partial charge on any atom is 0.271 e. The molecule has 0 unspecified atom stereocenters. The van der Waals surface area contributed by atoms with Crippen LogP contribution in [0.5, 0.6) is 0 Å². The molecule has 1 amide bonds. The van der Waals surface area contributed by atoms with Gasteiger partial charge in [0, 0.05) is 29.5 Å². The van der Waals surface area contributed by atoms with Crippen LogP contribution in [-0.4, -0.2) is 37.1 Å². The zero-order valence-corrected chi connectivity index (χ0v) is 17.8. The van der Waals surface area contributed by atoms with Gasteiger partial charge < -0.3 is 14.8 Å². The number of hydrogen-bond acceptors (Lipinski definition) is 6. The standard InChI is InChI=1S/C21H19ClN6OS/c1-27-16-8-7-14(22)10-13(16)11-18(27)20(29)28-9-3-5-17(28)15-4-2-6-19(24-15)25-21-26-23-12-30-21/h2,4,6-8,10-12,17H,3,5,9H2,1H3,(H,24,25,26)/t17-/m0/s1. The lowest BCUT2D eigenvalue weighted by Crippen LogP contribution is -2.32. The first-order chi connectivity index (χ1) is 14.6. The number of rotatable bonds is 4. The summed E-state index contributed by atoms with van der Waals surface area (Å²) in [5.41, 5.74) is 4.18. The molecule has 5 rings (SSSR count). The Bertz CT molecular complexity index is 1220. The fourth-order valence-electron chi connectivity index (χ4n) is 4.03. The molecule has 3 aromatic heterocycles. The zero-order valence-electron chi connectivity index (χ0n) is 16.2. The van der Waals surface area contributed by atoms with E-state index in [4.69, 9.17) is 16.6 Å². The van der Waals surface area contributed by atoms with E-state index in [2.05, 4.69) is 15.5 Å². The molecule has 1 atom stereocenters. The maximum atomic E-state index is 13.5. The van der Waals surface area contributed by atoms with Crippen molar-refractivity contribution < 1.29 is 4.79 Å². The number of carbonyl (C=O) groups excluding carboxylic acids is 1. The van der Waals surface area contributed by atoms with Crippen molar-refractivity contribution in [2.75, 3.05) is 11.9 Å². The Hall–Kier alpha value is -2.97. The van der Waals surface area contributed by atoms with Gasteiger partial charge in [-0.15, -0.1) is 10.2 Å². The highest BCUT2D eigenvalue weighted by Crippen LogP contribution is 2.34.